The van der Waals surface area contributed by atoms with Crippen molar-refractivity contribution in [3.63, 3.8) is 0 Å². The Morgan fingerprint density at radius 3 is 2.87 bits per heavy atom. The van der Waals surface area contributed by atoms with E-state index in [2.05, 4.69) is 34.6 Å². The third kappa shape index (κ3) is 4.44. The molecular formula is C18H24ClN3O. The zero-order valence-corrected chi connectivity index (χ0v) is 14.2. The molecule has 1 heterocycles. The Morgan fingerprint density at radius 2 is 2.04 bits per heavy atom. The molecule has 1 fully saturated rings. The van der Waals surface area contributed by atoms with Gasteiger partial charge in [0.1, 0.15) is 0 Å². The van der Waals surface area contributed by atoms with Crippen LogP contribution in [0, 0.1) is 0 Å². The van der Waals surface area contributed by atoms with Gasteiger partial charge in [-0.25, -0.2) is 0 Å². The fourth-order valence-corrected chi connectivity index (χ4v) is 3.01. The molecule has 0 saturated carbocycles. The molecule has 4 nitrogen and oxygen atoms in total. The number of benzene rings is 2. The van der Waals surface area contributed by atoms with Crippen molar-refractivity contribution in [1.82, 2.24) is 10.2 Å². The topological polar surface area (TPSA) is 44.4 Å². The van der Waals surface area contributed by atoms with E-state index in [1.54, 1.807) is 0 Å². The van der Waals surface area contributed by atoms with Crippen LogP contribution in [0.25, 0.3) is 10.8 Å². The van der Waals surface area contributed by atoms with Gasteiger partial charge in [-0.1, -0.05) is 36.4 Å². The number of carbonyl (C=O) groups excluding carboxylic acids is 1. The summed E-state index contributed by atoms with van der Waals surface area (Å²) in [4.78, 5) is 14.6. The largest absolute Gasteiger partial charge is 0.325 e. The van der Waals surface area contributed by atoms with E-state index in [0.717, 1.165) is 42.6 Å². The van der Waals surface area contributed by atoms with E-state index in [4.69, 9.17) is 0 Å². The minimum atomic E-state index is 0. The summed E-state index contributed by atoms with van der Waals surface area (Å²) in [6, 6.07) is 14.6. The number of hydrogen-bond acceptors (Lipinski definition) is 3. The second kappa shape index (κ2) is 8.29. The summed E-state index contributed by atoms with van der Waals surface area (Å²) in [5.41, 5.74) is 0.899. The van der Waals surface area contributed by atoms with Crippen LogP contribution in [0.2, 0.25) is 0 Å². The van der Waals surface area contributed by atoms with Gasteiger partial charge >= 0.3 is 0 Å². The van der Waals surface area contributed by atoms with Gasteiger partial charge in [0.25, 0.3) is 0 Å². The zero-order valence-electron chi connectivity index (χ0n) is 13.4. The predicted octanol–water partition coefficient (Wildman–Crippen LogP) is 2.88. The van der Waals surface area contributed by atoms with Crippen LogP contribution < -0.4 is 10.6 Å². The highest BCUT2D eigenvalue weighted by Crippen LogP contribution is 2.23. The van der Waals surface area contributed by atoms with E-state index in [1.807, 2.05) is 30.3 Å². The van der Waals surface area contributed by atoms with Crippen LogP contribution in [0.15, 0.2) is 42.5 Å². The van der Waals surface area contributed by atoms with E-state index >= 15 is 0 Å². The fourth-order valence-electron chi connectivity index (χ4n) is 3.01. The van der Waals surface area contributed by atoms with Crippen molar-refractivity contribution in [2.75, 3.05) is 31.5 Å². The predicted molar refractivity (Wildman–Crippen MR) is 98.3 cm³/mol. The molecule has 1 saturated heterocycles. The summed E-state index contributed by atoms with van der Waals surface area (Å²) in [5.74, 6) is 0.0853. The number of amides is 1. The number of nitrogens with one attached hydrogen (secondary N) is 2. The molecule has 0 spiro atoms. The molecule has 1 aliphatic heterocycles. The van der Waals surface area contributed by atoms with Gasteiger partial charge in [0.15, 0.2) is 0 Å². The van der Waals surface area contributed by atoms with Crippen LogP contribution in [0.3, 0.4) is 0 Å². The van der Waals surface area contributed by atoms with Gasteiger partial charge in [-0.15, -0.1) is 12.4 Å². The lowest BCUT2D eigenvalue weighted by atomic mass is 10.1. The smallest absolute Gasteiger partial charge is 0.225 e. The standard InChI is InChI=1S/C18H23N3O.ClH/c1-14-13-19-10-12-21(14)11-9-18(22)20-17-8-4-6-15-5-2-3-7-16(15)17;/h2-8,14,19H,9-13H2,1H3,(H,20,22);1H/t14-;/m0./s1. The molecule has 23 heavy (non-hydrogen) atoms. The molecule has 2 aromatic rings. The molecule has 1 atom stereocenters. The number of rotatable bonds is 4. The van der Waals surface area contributed by atoms with Crippen LogP contribution in [0.1, 0.15) is 13.3 Å². The first kappa shape index (κ1) is 17.7. The van der Waals surface area contributed by atoms with Crippen molar-refractivity contribution in [2.24, 2.45) is 0 Å². The summed E-state index contributed by atoms with van der Waals surface area (Å²) < 4.78 is 0. The second-order valence-corrected chi connectivity index (χ2v) is 5.91. The molecule has 5 heteroatoms. The highest BCUT2D eigenvalue weighted by Gasteiger charge is 2.18. The maximum absolute atomic E-state index is 12.3. The molecule has 1 amide bonds. The molecule has 2 aromatic carbocycles. The van der Waals surface area contributed by atoms with E-state index in [-0.39, 0.29) is 18.3 Å². The van der Waals surface area contributed by atoms with Crippen molar-refractivity contribution >= 4 is 34.8 Å². The van der Waals surface area contributed by atoms with E-state index in [1.165, 1.54) is 0 Å². The Labute approximate surface area is 143 Å². The molecule has 0 bridgehead atoms. The number of anilines is 1. The van der Waals surface area contributed by atoms with Crippen molar-refractivity contribution < 1.29 is 4.79 Å². The van der Waals surface area contributed by atoms with Gasteiger partial charge in [0.05, 0.1) is 0 Å². The number of fused-ring (bicyclic) bond motifs is 1. The Balaban J connectivity index is 0.00000192. The van der Waals surface area contributed by atoms with Crippen LogP contribution in [-0.2, 0) is 4.79 Å². The Hall–Kier alpha value is -1.62. The summed E-state index contributed by atoms with van der Waals surface area (Å²) in [6.07, 6.45) is 0.535. The van der Waals surface area contributed by atoms with Crippen molar-refractivity contribution in [2.45, 2.75) is 19.4 Å². The lowest BCUT2D eigenvalue weighted by Crippen LogP contribution is -2.50. The van der Waals surface area contributed by atoms with Crippen LogP contribution in [0.4, 0.5) is 5.69 Å². The molecule has 0 unspecified atom stereocenters. The lowest BCUT2D eigenvalue weighted by Gasteiger charge is -2.33. The van der Waals surface area contributed by atoms with Gasteiger partial charge in [-0.2, -0.15) is 0 Å². The fraction of sp³-hybridized carbons (Fsp3) is 0.389. The third-order valence-electron chi connectivity index (χ3n) is 4.33. The number of piperazine rings is 1. The normalized spacial score (nSPS) is 18.4. The third-order valence-corrected chi connectivity index (χ3v) is 4.33. The summed E-state index contributed by atoms with van der Waals surface area (Å²) >= 11 is 0. The van der Waals surface area contributed by atoms with Crippen molar-refractivity contribution in [1.29, 1.82) is 0 Å². The van der Waals surface area contributed by atoms with Gasteiger partial charge in [0, 0.05) is 49.7 Å². The van der Waals surface area contributed by atoms with E-state index in [9.17, 15) is 4.79 Å². The molecule has 0 aliphatic carbocycles. The SMILES string of the molecule is C[C@H]1CNCCN1CCC(=O)Nc1cccc2ccccc12.Cl. The highest BCUT2D eigenvalue weighted by atomic mass is 35.5. The first-order chi connectivity index (χ1) is 10.7. The molecule has 0 radical (unpaired) electrons. The van der Waals surface area contributed by atoms with Crippen molar-refractivity contribution in [3.05, 3.63) is 42.5 Å². The van der Waals surface area contributed by atoms with E-state index < -0.39 is 0 Å². The highest BCUT2D eigenvalue weighted by molar-refractivity contribution is 6.02. The quantitative estimate of drug-likeness (QED) is 0.904. The number of carbonyl (C=O) groups is 1. The lowest BCUT2D eigenvalue weighted by molar-refractivity contribution is -0.116. The number of halogens is 1. The average molecular weight is 334 g/mol. The summed E-state index contributed by atoms with van der Waals surface area (Å²) in [6.45, 7) is 6.05. The molecule has 124 valence electrons. The Bertz CT molecular complexity index is 656. The average Bonchev–Trinajstić information content (AvgIpc) is 2.54. The molecular weight excluding hydrogens is 310 g/mol. The first-order valence-corrected chi connectivity index (χ1v) is 7.96. The van der Waals surface area contributed by atoms with Crippen LogP contribution in [-0.4, -0.2) is 43.0 Å². The monoisotopic (exact) mass is 333 g/mol. The van der Waals surface area contributed by atoms with Crippen LogP contribution >= 0.6 is 12.4 Å². The van der Waals surface area contributed by atoms with Crippen molar-refractivity contribution in [3.8, 4) is 0 Å². The molecule has 2 N–H and O–H groups in total. The Morgan fingerprint density at radius 1 is 1.26 bits per heavy atom. The number of nitrogens with zero attached hydrogens (tertiary/aromatic N) is 1. The minimum absolute atomic E-state index is 0. The Kier molecular flexibility index (Phi) is 6.39. The summed E-state index contributed by atoms with van der Waals surface area (Å²) in [5, 5.41) is 8.67. The second-order valence-electron chi connectivity index (χ2n) is 5.91. The first-order valence-electron chi connectivity index (χ1n) is 7.96. The van der Waals surface area contributed by atoms with Gasteiger partial charge in [-0.05, 0) is 18.4 Å². The van der Waals surface area contributed by atoms with Gasteiger partial charge in [-0.3, -0.25) is 9.69 Å². The molecule has 3 rings (SSSR count). The van der Waals surface area contributed by atoms with Gasteiger partial charge < -0.3 is 10.6 Å². The summed E-state index contributed by atoms with van der Waals surface area (Å²) in [7, 11) is 0. The maximum Gasteiger partial charge on any atom is 0.225 e. The van der Waals surface area contributed by atoms with E-state index in [0.29, 0.717) is 12.5 Å². The minimum Gasteiger partial charge on any atom is -0.325 e. The van der Waals surface area contributed by atoms with Gasteiger partial charge in [0.2, 0.25) is 5.91 Å². The number of hydrogen-bond donors (Lipinski definition) is 2. The van der Waals surface area contributed by atoms with Crippen LogP contribution in [0.5, 0.6) is 0 Å². The zero-order chi connectivity index (χ0) is 15.4. The maximum atomic E-state index is 12.3. The molecule has 0 aromatic heterocycles. The molecule has 1 aliphatic rings.